The van der Waals surface area contributed by atoms with Gasteiger partial charge in [-0.1, -0.05) is 0 Å². The molecule has 0 amide bonds. The maximum Gasteiger partial charge on any atom is 0.178 e. The molecule has 0 saturated carbocycles. The second-order valence-electron chi connectivity index (χ2n) is 4.14. The molecule has 0 spiro atoms. The third kappa shape index (κ3) is 2.33. The number of aromatic nitrogens is 4. The molecule has 96 valence electrons. The number of hydrogen-bond donors (Lipinski definition) is 1. The lowest BCUT2D eigenvalue weighted by Gasteiger charge is -2.15. The molecular formula is C13H13N5O. The van der Waals surface area contributed by atoms with Gasteiger partial charge >= 0.3 is 0 Å². The lowest BCUT2D eigenvalue weighted by Crippen LogP contribution is -2.10. The second kappa shape index (κ2) is 4.93. The Bertz CT molecular complexity index is 633. The fourth-order valence-electron chi connectivity index (χ4n) is 1.85. The van der Waals surface area contributed by atoms with Gasteiger partial charge in [-0.25, -0.2) is 14.6 Å². The van der Waals surface area contributed by atoms with Gasteiger partial charge in [0.05, 0.1) is 24.3 Å². The molecule has 0 fully saturated rings. The summed E-state index contributed by atoms with van der Waals surface area (Å²) in [5.41, 5.74) is 1.97. The van der Waals surface area contributed by atoms with Gasteiger partial charge in [-0.15, -0.1) is 0 Å². The van der Waals surface area contributed by atoms with E-state index in [1.54, 1.807) is 29.7 Å². The molecule has 19 heavy (non-hydrogen) atoms. The molecule has 0 saturated heterocycles. The van der Waals surface area contributed by atoms with Crippen LogP contribution in [0, 0.1) is 0 Å². The quantitative estimate of drug-likeness (QED) is 0.775. The van der Waals surface area contributed by atoms with Crippen molar-refractivity contribution in [3.05, 3.63) is 55.1 Å². The summed E-state index contributed by atoms with van der Waals surface area (Å²) in [6.07, 6.45) is 8.22. The van der Waals surface area contributed by atoms with Gasteiger partial charge in [-0.05, 0) is 25.1 Å². The van der Waals surface area contributed by atoms with E-state index in [1.807, 2.05) is 18.2 Å². The van der Waals surface area contributed by atoms with Crippen molar-refractivity contribution < 1.29 is 4.42 Å². The Morgan fingerprint density at radius 2 is 2.32 bits per heavy atom. The highest BCUT2D eigenvalue weighted by Crippen LogP contribution is 2.23. The molecule has 0 aliphatic carbocycles. The van der Waals surface area contributed by atoms with Gasteiger partial charge in [0, 0.05) is 11.8 Å². The highest BCUT2D eigenvalue weighted by Gasteiger charge is 2.11. The topological polar surface area (TPSA) is 68.8 Å². The maximum absolute atomic E-state index is 5.09. The summed E-state index contributed by atoms with van der Waals surface area (Å²) in [5.74, 6) is 0.718. The normalized spacial score (nSPS) is 12.3. The fourth-order valence-corrected chi connectivity index (χ4v) is 1.85. The Morgan fingerprint density at radius 1 is 1.37 bits per heavy atom. The van der Waals surface area contributed by atoms with Crippen molar-refractivity contribution in [3.63, 3.8) is 0 Å². The van der Waals surface area contributed by atoms with Crippen LogP contribution < -0.4 is 5.32 Å². The number of nitrogens with zero attached hydrogens (tertiary/aromatic N) is 4. The van der Waals surface area contributed by atoms with E-state index in [4.69, 9.17) is 4.42 Å². The zero-order valence-corrected chi connectivity index (χ0v) is 10.4. The fraction of sp³-hybridized carbons (Fsp3) is 0.154. The van der Waals surface area contributed by atoms with Crippen molar-refractivity contribution >= 4 is 5.69 Å². The Labute approximate surface area is 110 Å². The summed E-state index contributed by atoms with van der Waals surface area (Å²) in [6.45, 7) is 2.06. The molecule has 3 aromatic rings. The molecule has 0 aliphatic heterocycles. The molecule has 6 nitrogen and oxygen atoms in total. The summed E-state index contributed by atoms with van der Waals surface area (Å²) in [7, 11) is 0. The van der Waals surface area contributed by atoms with Crippen LogP contribution in [-0.2, 0) is 0 Å². The van der Waals surface area contributed by atoms with E-state index < -0.39 is 0 Å². The molecule has 3 heterocycles. The first-order valence-electron chi connectivity index (χ1n) is 5.93. The van der Waals surface area contributed by atoms with Gasteiger partial charge < -0.3 is 9.73 Å². The van der Waals surface area contributed by atoms with Crippen molar-refractivity contribution in [2.45, 2.75) is 13.0 Å². The summed E-state index contributed by atoms with van der Waals surface area (Å²) in [5, 5.41) is 7.49. The van der Waals surface area contributed by atoms with Gasteiger partial charge in [0.2, 0.25) is 0 Å². The Balaban J connectivity index is 1.89. The first kappa shape index (κ1) is 11.5. The predicted molar refractivity (Wildman–Crippen MR) is 69.9 cm³/mol. The van der Waals surface area contributed by atoms with Crippen LogP contribution in [-0.4, -0.2) is 19.7 Å². The summed E-state index contributed by atoms with van der Waals surface area (Å²) in [6, 6.07) is 5.89. The molecule has 3 rings (SSSR count). The Morgan fingerprint density at radius 3 is 3.05 bits per heavy atom. The minimum atomic E-state index is 0.116. The average molecular weight is 255 g/mol. The third-order valence-electron chi connectivity index (χ3n) is 2.84. The molecule has 1 unspecified atom stereocenters. The smallest absolute Gasteiger partial charge is 0.178 e. The molecule has 1 N–H and O–H groups in total. The van der Waals surface area contributed by atoms with Crippen LogP contribution in [0.5, 0.6) is 0 Å². The largest absolute Gasteiger partial charge is 0.472 e. The third-order valence-corrected chi connectivity index (χ3v) is 2.84. The van der Waals surface area contributed by atoms with Gasteiger partial charge in [-0.3, -0.25) is 0 Å². The standard InChI is InChI=1S/C13H13N5O/c1-10(11-4-6-19-7-11)17-12-3-2-5-15-13(12)18-9-14-8-16-18/h2-10,17H,1H3. The van der Waals surface area contributed by atoms with Crippen LogP contribution in [0.15, 0.2) is 54.0 Å². The SMILES string of the molecule is CC(Nc1cccnc1-n1cncn1)c1ccoc1. The Kier molecular flexibility index (Phi) is 2.97. The number of hydrogen-bond acceptors (Lipinski definition) is 5. The van der Waals surface area contributed by atoms with Crippen LogP contribution in [0.4, 0.5) is 5.69 Å². The zero-order chi connectivity index (χ0) is 13.1. The van der Waals surface area contributed by atoms with Gasteiger partial charge in [0.15, 0.2) is 5.82 Å². The molecule has 0 bridgehead atoms. The molecular weight excluding hydrogens is 242 g/mol. The minimum absolute atomic E-state index is 0.116. The lowest BCUT2D eigenvalue weighted by molar-refractivity contribution is 0.562. The number of furan rings is 1. The van der Waals surface area contributed by atoms with E-state index in [1.165, 1.54) is 6.33 Å². The number of nitrogens with one attached hydrogen (secondary N) is 1. The molecule has 0 aliphatic rings. The molecule has 6 heteroatoms. The highest BCUT2D eigenvalue weighted by atomic mass is 16.3. The van der Waals surface area contributed by atoms with Crippen LogP contribution >= 0.6 is 0 Å². The van der Waals surface area contributed by atoms with Crippen LogP contribution in [0.25, 0.3) is 5.82 Å². The first-order chi connectivity index (χ1) is 9.34. The van der Waals surface area contributed by atoms with E-state index in [9.17, 15) is 0 Å². The van der Waals surface area contributed by atoms with Crippen molar-refractivity contribution in [2.24, 2.45) is 0 Å². The second-order valence-corrected chi connectivity index (χ2v) is 4.14. The van der Waals surface area contributed by atoms with Gasteiger partial charge in [-0.2, -0.15) is 5.10 Å². The van der Waals surface area contributed by atoms with Crippen LogP contribution in [0.3, 0.4) is 0 Å². The monoisotopic (exact) mass is 255 g/mol. The number of anilines is 1. The molecule has 1 atom stereocenters. The van der Waals surface area contributed by atoms with Crippen molar-refractivity contribution in [3.8, 4) is 5.82 Å². The first-order valence-corrected chi connectivity index (χ1v) is 5.93. The lowest BCUT2D eigenvalue weighted by atomic mass is 10.2. The van der Waals surface area contributed by atoms with Crippen molar-refractivity contribution in [1.82, 2.24) is 19.7 Å². The van der Waals surface area contributed by atoms with Gasteiger partial charge in [0.25, 0.3) is 0 Å². The van der Waals surface area contributed by atoms with E-state index in [2.05, 4.69) is 27.3 Å². The minimum Gasteiger partial charge on any atom is -0.472 e. The summed E-state index contributed by atoms with van der Waals surface area (Å²) in [4.78, 5) is 8.27. The van der Waals surface area contributed by atoms with Crippen molar-refractivity contribution in [1.29, 1.82) is 0 Å². The average Bonchev–Trinajstić information content (AvgIpc) is 3.13. The number of rotatable bonds is 4. The molecule has 3 aromatic heterocycles. The Hall–Kier alpha value is -2.63. The van der Waals surface area contributed by atoms with Crippen molar-refractivity contribution in [2.75, 3.05) is 5.32 Å². The summed E-state index contributed by atoms with van der Waals surface area (Å²) < 4.78 is 6.72. The van der Waals surface area contributed by atoms with Gasteiger partial charge in [0.1, 0.15) is 12.7 Å². The predicted octanol–water partition coefficient (Wildman–Crippen LogP) is 2.43. The molecule has 0 radical (unpaired) electrons. The van der Waals surface area contributed by atoms with Crippen LogP contribution in [0.1, 0.15) is 18.5 Å². The van der Waals surface area contributed by atoms with E-state index in [-0.39, 0.29) is 6.04 Å². The number of pyridine rings is 1. The molecule has 0 aromatic carbocycles. The van der Waals surface area contributed by atoms with E-state index >= 15 is 0 Å². The van der Waals surface area contributed by atoms with E-state index in [0.717, 1.165) is 17.1 Å². The zero-order valence-electron chi connectivity index (χ0n) is 10.4. The van der Waals surface area contributed by atoms with Crippen LogP contribution in [0.2, 0.25) is 0 Å². The highest BCUT2D eigenvalue weighted by molar-refractivity contribution is 5.57. The van der Waals surface area contributed by atoms with E-state index in [0.29, 0.717) is 0 Å². The maximum atomic E-state index is 5.09. The summed E-state index contributed by atoms with van der Waals surface area (Å²) >= 11 is 0.